The number of benzene rings is 3. The average Bonchev–Trinajstić information content (AvgIpc) is 2.76. The van der Waals surface area contributed by atoms with Crippen LogP contribution in [0.25, 0.3) is 30.9 Å². The molecule has 0 unspecified atom stereocenters. The summed E-state index contributed by atoms with van der Waals surface area (Å²) in [5.41, 5.74) is 0. The molecule has 0 aliphatic heterocycles. The molecule has 3 heteroatoms. The molecule has 1 aromatic heterocycles. The zero-order valence-corrected chi connectivity index (χ0v) is 13.5. The van der Waals surface area contributed by atoms with Crippen LogP contribution < -0.4 is 0 Å². The molecule has 0 nitrogen and oxygen atoms in total. The molecule has 3 aromatic carbocycles. The number of hydrogen-bond donors (Lipinski definition) is 0. The predicted octanol–water partition coefficient (Wildman–Crippen LogP) is 6.47. The Balaban J connectivity index is 2.31. The lowest BCUT2D eigenvalue weighted by Crippen LogP contribution is -1.77. The van der Waals surface area contributed by atoms with Gasteiger partial charge in [0.25, 0.3) is 0 Å². The third-order valence-electron chi connectivity index (χ3n) is 3.39. The van der Waals surface area contributed by atoms with Gasteiger partial charge in [-0.15, -0.1) is 11.3 Å². The molecular formula is C16H8ClIS. The van der Waals surface area contributed by atoms with Crippen molar-refractivity contribution in [2.45, 2.75) is 0 Å². The lowest BCUT2D eigenvalue weighted by molar-refractivity contribution is 1.76. The summed E-state index contributed by atoms with van der Waals surface area (Å²) >= 11 is 10.4. The molecule has 0 N–H and O–H groups in total. The van der Waals surface area contributed by atoms with Crippen molar-refractivity contribution in [3.8, 4) is 0 Å². The van der Waals surface area contributed by atoms with Crippen molar-refractivity contribution in [1.29, 1.82) is 0 Å². The molecule has 0 aliphatic carbocycles. The summed E-state index contributed by atoms with van der Waals surface area (Å²) in [5.74, 6) is 0. The van der Waals surface area contributed by atoms with Crippen LogP contribution in [-0.2, 0) is 0 Å². The average molecular weight is 395 g/mol. The standard InChI is InChI=1S/C16H8ClIS/c17-10-5-7-14-12(8-10)11-6-4-9-2-1-3-13(18)15(9)16(11)19-14/h1-8H. The molecule has 92 valence electrons. The van der Waals surface area contributed by atoms with E-state index in [0.29, 0.717) is 0 Å². The highest BCUT2D eigenvalue weighted by Crippen LogP contribution is 2.40. The maximum Gasteiger partial charge on any atom is 0.0444 e. The number of hydrogen-bond acceptors (Lipinski definition) is 1. The zero-order chi connectivity index (χ0) is 13.0. The van der Waals surface area contributed by atoms with Crippen LogP contribution in [0.3, 0.4) is 0 Å². The molecule has 1 heterocycles. The largest absolute Gasteiger partial charge is 0.134 e. The Labute approximate surface area is 133 Å². The van der Waals surface area contributed by atoms with E-state index in [4.69, 9.17) is 11.6 Å². The van der Waals surface area contributed by atoms with Gasteiger partial charge in [0.05, 0.1) is 0 Å². The van der Waals surface area contributed by atoms with Gasteiger partial charge in [-0.1, -0.05) is 35.9 Å². The highest BCUT2D eigenvalue weighted by molar-refractivity contribution is 14.1. The summed E-state index contributed by atoms with van der Waals surface area (Å²) in [6, 6.07) is 17.0. The third-order valence-corrected chi connectivity index (χ3v) is 5.73. The molecule has 0 amide bonds. The number of halogens is 2. The van der Waals surface area contributed by atoms with Crippen molar-refractivity contribution in [2.75, 3.05) is 0 Å². The second-order valence-corrected chi connectivity index (χ2v) is 7.17. The van der Waals surface area contributed by atoms with Crippen LogP contribution in [0.15, 0.2) is 48.5 Å². The summed E-state index contributed by atoms with van der Waals surface area (Å²) in [5, 5.41) is 6.03. The monoisotopic (exact) mass is 394 g/mol. The molecule has 19 heavy (non-hydrogen) atoms. The van der Waals surface area contributed by atoms with Crippen molar-refractivity contribution in [3.05, 3.63) is 57.1 Å². The molecule has 0 bridgehead atoms. The van der Waals surface area contributed by atoms with Gasteiger partial charge in [-0.05, 0) is 52.2 Å². The van der Waals surface area contributed by atoms with E-state index < -0.39 is 0 Å². The number of fused-ring (bicyclic) bond motifs is 5. The van der Waals surface area contributed by atoms with Crippen LogP contribution in [-0.4, -0.2) is 0 Å². The predicted molar refractivity (Wildman–Crippen MR) is 94.6 cm³/mol. The van der Waals surface area contributed by atoms with E-state index in [1.165, 1.54) is 34.5 Å². The fraction of sp³-hybridized carbons (Fsp3) is 0. The van der Waals surface area contributed by atoms with Crippen LogP contribution in [0, 0.1) is 3.57 Å². The van der Waals surface area contributed by atoms with E-state index >= 15 is 0 Å². The Kier molecular flexibility index (Phi) is 2.72. The van der Waals surface area contributed by atoms with Gasteiger partial charge in [0, 0.05) is 34.2 Å². The SMILES string of the molecule is Clc1ccc2sc3c(ccc4cccc(I)c43)c2c1. The molecule has 0 saturated carbocycles. The Morgan fingerprint density at radius 2 is 1.84 bits per heavy atom. The normalized spacial score (nSPS) is 11.7. The molecule has 4 rings (SSSR count). The van der Waals surface area contributed by atoms with E-state index in [1.54, 1.807) is 0 Å². The first-order valence-corrected chi connectivity index (χ1v) is 8.20. The second-order valence-electron chi connectivity index (χ2n) is 4.52. The van der Waals surface area contributed by atoms with E-state index in [-0.39, 0.29) is 0 Å². The number of thiophene rings is 1. The third kappa shape index (κ3) is 1.77. The van der Waals surface area contributed by atoms with Crippen molar-refractivity contribution < 1.29 is 0 Å². The maximum atomic E-state index is 6.13. The first-order valence-electron chi connectivity index (χ1n) is 5.93. The summed E-state index contributed by atoms with van der Waals surface area (Å²) < 4.78 is 3.96. The maximum absolute atomic E-state index is 6.13. The van der Waals surface area contributed by atoms with Gasteiger partial charge < -0.3 is 0 Å². The van der Waals surface area contributed by atoms with E-state index in [0.717, 1.165) is 5.02 Å². The fourth-order valence-electron chi connectivity index (χ4n) is 2.53. The van der Waals surface area contributed by atoms with Crippen LogP contribution in [0.4, 0.5) is 0 Å². The lowest BCUT2D eigenvalue weighted by atomic mass is 10.1. The fourth-order valence-corrected chi connectivity index (χ4v) is 4.93. The molecule has 0 fully saturated rings. The number of rotatable bonds is 0. The Bertz CT molecular complexity index is 940. The van der Waals surface area contributed by atoms with Gasteiger partial charge in [-0.2, -0.15) is 0 Å². The minimum Gasteiger partial charge on any atom is -0.134 e. The molecule has 0 atom stereocenters. The zero-order valence-electron chi connectivity index (χ0n) is 9.78. The van der Waals surface area contributed by atoms with Gasteiger partial charge in [0.1, 0.15) is 0 Å². The van der Waals surface area contributed by atoms with Crippen molar-refractivity contribution in [2.24, 2.45) is 0 Å². The molecule has 0 aliphatic rings. The van der Waals surface area contributed by atoms with Crippen molar-refractivity contribution in [3.63, 3.8) is 0 Å². The summed E-state index contributed by atoms with van der Waals surface area (Å²) in [7, 11) is 0. The van der Waals surface area contributed by atoms with Crippen molar-refractivity contribution in [1.82, 2.24) is 0 Å². The molecule has 4 aromatic rings. The summed E-state index contributed by atoms with van der Waals surface area (Å²) in [6.45, 7) is 0. The lowest BCUT2D eigenvalue weighted by Gasteiger charge is -2.02. The Morgan fingerprint density at radius 3 is 2.74 bits per heavy atom. The van der Waals surface area contributed by atoms with Gasteiger partial charge in [-0.3, -0.25) is 0 Å². The molecule has 0 spiro atoms. The first-order chi connectivity index (χ1) is 9.24. The van der Waals surface area contributed by atoms with Gasteiger partial charge in [0.15, 0.2) is 0 Å². The van der Waals surface area contributed by atoms with E-state index in [1.807, 2.05) is 17.4 Å². The second kappa shape index (κ2) is 4.33. The van der Waals surface area contributed by atoms with E-state index in [2.05, 4.69) is 65.1 Å². The van der Waals surface area contributed by atoms with Gasteiger partial charge >= 0.3 is 0 Å². The van der Waals surface area contributed by atoms with Crippen LogP contribution in [0.1, 0.15) is 0 Å². The van der Waals surface area contributed by atoms with Gasteiger partial charge in [-0.25, -0.2) is 0 Å². The summed E-state index contributed by atoms with van der Waals surface area (Å²) in [6.07, 6.45) is 0. The molecule has 0 saturated heterocycles. The van der Waals surface area contributed by atoms with Crippen molar-refractivity contribution >= 4 is 76.5 Å². The quantitative estimate of drug-likeness (QED) is 0.300. The minimum absolute atomic E-state index is 0.801. The van der Waals surface area contributed by atoms with Crippen LogP contribution >= 0.6 is 45.5 Å². The van der Waals surface area contributed by atoms with Crippen LogP contribution in [0.5, 0.6) is 0 Å². The van der Waals surface area contributed by atoms with E-state index in [9.17, 15) is 0 Å². The Morgan fingerprint density at radius 1 is 0.947 bits per heavy atom. The Hall–Kier alpha value is -0.840. The summed E-state index contributed by atoms with van der Waals surface area (Å²) in [4.78, 5) is 0. The van der Waals surface area contributed by atoms with Crippen LogP contribution in [0.2, 0.25) is 5.02 Å². The molecule has 0 radical (unpaired) electrons. The molecular weight excluding hydrogens is 387 g/mol. The first kappa shape index (κ1) is 11.9. The highest BCUT2D eigenvalue weighted by atomic mass is 127. The highest BCUT2D eigenvalue weighted by Gasteiger charge is 2.10. The minimum atomic E-state index is 0.801. The van der Waals surface area contributed by atoms with Gasteiger partial charge in [0.2, 0.25) is 0 Å². The smallest absolute Gasteiger partial charge is 0.0444 e. The topological polar surface area (TPSA) is 0 Å².